The lowest BCUT2D eigenvalue weighted by molar-refractivity contribution is 0.724. The molecule has 0 aliphatic heterocycles. The Kier molecular flexibility index (Phi) is 3.42. The van der Waals surface area contributed by atoms with Crippen LogP contribution in [0.4, 0.5) is 0 Å². The maximum Gasteiger partial charge on any atom is 0.113 e. The molecule has 3 aromatic rings. The number of fused-ring (bicyclic) bond motifs is 1. The Morgan fingerprint density at radius 1 is 1.25 bits per heavy atom. The monoisotopic (exact) mass is 286 g/mol. The molecule has 0 saturated heterocycles. The predicted molar refractivity (Wildman–Crippen MR) is 81.2 cm³/mol. The van der Waals surface area contributed by atoms with E-state index in [-0.39, 0.29) is 6.04 Å². The van der Waals surface area contributed by atoms with Crippen molar-refractivity contribution in [3.8, 4) is 5.69 Å². The smallest absolute Gasteiger partial charge is 0.113 e. The lowest BCUT2D eigenvalue weighted by Crippen LogP contribution is -2.19. The van der Waals surface area contributed by atoms with Crippen LogP contribution in [0.5, 0.6) is 0 Å². The van der Waals surface area contributed by atoms with E-state index in [9.17, 15) is 0 Å². The minimum atomic E-state index is 0.0738. The van der Waals surface area contributed by atoms with E-state index < -0.39 is 0 Å². The third-order valence-electron chi connectivity index (χ3n) is 3.17. The van der Waals surface area contributed by atoms with Crippen LogP contribution in [0, 0.1) is 0 Å². The average Bonchev–Trinajstić information content (AvgIpc) is 2.84. The number of rotatable bonds is 3. The van der Waals surface area contributed by atoms with E-state index in [1.165, 1.54) is 0 Å². The third kappa shape index (κ3) is 2.40. The molecule has 2 aromatic carbocycles. The molecule has 0 amide bonds. The van der Waals surface area contributed by atoms with Crippen LogP contribution in [-0.2, 0) is 6.42 Å². The maximum absolute atomic E-state index is 6.13. The number of para-hydroxylation sites is 1. The summed E-state index contributed by atoms with van der Waals surface area (Å²) >= 11 is 6.13. The quantitative estimate of drug-likeness (QED) is 0.805. The van der Waals surface area contributed by atoms with E-state index in [4.69, 9.17) is 17.3 Å². The standard InChI is InChI=1S/C15H15ClN4/c1-10(17)8-11-6-7-12(16)9-15(11)20-14-5-3-2-4-13(14)18-19-20/h2-7,9-10H,8,17H2,1H3. The molecule has 20 heavy (non-hydrogen) atoms. The molecule has 0 aliphatic rings. The van der Waals surface area contributed by atoms with Crippen molar-refractivity contribution in [2.24, 2.45) is 5.73 Å². The number of aromatic nitrogens is 3. The SMILES string of the molecule is CC(N)Cc1ccc(Cl)cc1-n1nnc2ccccc21. The van der Waals surface area contributed by atoms with E-state index in [2.05, 4.69) is 10.3 Å². The molecule has 1 aromatic heterocycles. The minimum absolute atomic E-state index is 0.0738. The molecule has 2 N–H and O–H groups in total. The van der Waals surface area contributed by atoms with Crippen molar-refractivity contribution in [1.29, 1.82) is 0 Å². The maximum atomic E-state index is 6.13. The topological polar surface area (TPSA) is 56.7 Å². The Morgan fingerprint density at radius 2 is 2.05 bits per heavy atom. The van der Waals surface area contributed by atoms with Crippen molar-refractivity contribution >= 4 is 22.6 Å². The lowest BCUT2D eigenvalue weighted by atomic mass is 10.1. The van der Waals surface area contributed by atoms with Gasteiger partial charge in [0.2, 0.25) is 0 Å². The van der Waals surface area contributed by atoms with E-state index in [0.29, 0.717) is 5.02 Å². The van der Waals surface area contributed by atoms with E-state index in [1.807, 2.05) is 54.1 Å². The summed E-state index contributed by atoms with van der Waals surface area (Å²) in [5.41, 5.74) is 9.78. The highest BCUT2D eigenvalue weighted by Crippen LogP contribution is 2.23. The fourth-order valence-electron chi connectivity index (χ4n) is 2.30. The van der Waals surface area contributed by atoms with Crippen molar-refractivity contribution in [2.45, 2.75) is 19.4 Å². The van der Waals surface area contributed by atoms with Gasteiger partial charge in [-0.1, -0.05) is 35.0 Å². The first-order valence-corrected chi connectivity index (χ1v) is 6.88. The minimum Gasteiger partial charge on any atom is -0.328 e. The highest BCUT2D eigenvalue weighted by atomic mass is 35.5. The van der Waals surface area contributed by atoms with Crippen molar-refractivity contribution in [3.63, 3.8) is 0 Å². The predicted octanol–water partition coefficient (Wildman–Crippen LogP) is 2.96. The van der Waals surface area contributed by atoms with Gasteiger partial charge in [0.25, 0.3) is 0 Å². The second kappa shape index (κ2) is 5.23. The number of nitrogens with two attached hydrogens (primary N) is 1. The zero-order valence-corrected chi connectivity index (χ0v) is 11.9. The Hall–Kier alpha value is -1.91. The summed E-state index contributed by atoms with van der Waals surface area (Å²) in [7, 11) is 0. The summed E-state index contributed by atoms with van der Waals surface area (Å²) in [5.74, 6) is 0. The zero-order valence-electron chi connectivity index (χ0n) is 11.1. The van der Waals surface area contributed by atoms with E-state index in [0.717, 1.165) is 28.7 Å². The number of nitrogens with zero attached hydrogens (tertiary/aromatic N) is 3. The zero-order chi connectivity index (χ0) is 14.1. The van der Waals surface area contributed by atoms with Gasteiger partial charge in [0.15, 0.2) is 0 Å². The van der Waals surface area contributed by atoms with Crippen molar-refractivity contribution in [2.75, 3.05) is 0 Å². The van der Waals surface area contributed by atoms with Crippen LogP contribution >= 0.6 is 11.6 Å². The molecule has 1 heterocycles. The van der Waals surface area contributed by atoms with Gasteiger partial charge in [0, 0.05) is 11.1 Å². The van der Waals surface area contributed by atoms with Crippen LogP contribution in [0.2, 0.25) is 5.02 Å². The van der Waals surface area contributed by atoms with Crippen LogP contribution in [-0.4, -0.2) is 21.0 Å². The summed E-state index contributed by atoms with van der Waals surface area (Å²) in [6.07, 6.45) is 0.765. The number of halogens is 1. The fraction of sp³-hybridized carbons (Fsp3) is 0.200. The second-order valence-electron chi connectivity index (χ2n) is 4.94. The third-order valence-corrected chi connectivity index (χ3v) is 3.40. The average molecular weight is 287 g/mol. The summed E-state index contributed by atoms with van der Waals surface area (Å²) in [6.45, 7) is 1.98. The summed E-state index contributed by atoms with van der Waals surface area (Å²) in [6, 6.07) is 13.7. The van der Waals surface area contributed by atoms with E-state index >= 15 is 0 Å². The molecule has 0 fully saturated rings. The van der Waals surface area contributed by atoms with Gasteiger partial charge in [-0.3, -0.25) is 0 Å². The first-order chi connectivity index (χ1) is 9.65. The van der Waals surface area contributed by atoms with Gasteiger partial charge in [-0.05, 0) is 43.2 Å². The molecule has 4 nitrogen and oxygen atoms in total. The molecule has 0 radical (unpaired) electrons. The van der Waals surface area contributed by atoms with Crippen molar-refractivity contribution in [1.82, 2.24) is 15.0 Å². The van der Waals surface area contributed by atoms with Crippen LogP contribution in [0.3, 0.4) is 0 Å². The van der Waals surface area contributed by atoms with Gasteiger partial charge in [-0.2, -0.15) is 0 Å². The van der Waals surface area contributed by atoms with Crippen LogP contribution in [0.25, 0.3) is 16.7 Å². The van der Waals surface area contributed by atoms with Gasteiger partial charge < -0.3 is 5.73 Å². The second-order valence-corrected chi connectivity index (χ2v) is 5.38. The Labute approximate surface area is 122 Å². The lowest BCUT2D eigenvalue weighted by Gasteiger charge is -2.12. The normalized spacial score (nSPS) is 12.8. The highest BCUT2D eigenvalue weighted by Gasteiger charge is 2.12. The number of hydrogen-bond acceptors (Lipinski definition) is 3. The molecule has 0 aliphatic carbocycles. The Bertz CT molecular complexity index is 748. The number of benzene rings is 2. The van der Waals surface area contributed by atoms with Gasteiger partial charge in [-0.15, -0.1) is 5.10 Å². The van der Waals surface area contributed by atoms with Crippen LogP contribution in [0.1, 0.15) is 12.5 Å². The number of hydrogen-bond donors (Lipinski definition) is 1. The summed E-state index contributed by atoms with van der Waals surface area (Å²) < 4.78 is 1.82. The highest BCUT2D eigenvalue weighted by molar-refractivity contribution is 6.30. The molecule has 0 saturated carbocycles. The van der Waals surface area contributed by atoms with Crippen molar-refractivity contribution < 1.29 is 0 Å². The molecule has 5 heteroatoms. The molecular formula is C15H15ClN4. The molecule has 1 atom stereocenters. The molecular weight excluding hydrogens is 272 g/mol. The largest absolute Gasteiger partial charge is 0.328 e. The van der Waals surface area contributed by atoms with Gasteiger partial charge in [-0.25, -0.2) is 4.68 Å². The summed E-state index contributed by atoms with van der Waals surface area (Å²) in [4.78, 5) is 0. The molecule has 102 valence electrons. The van der Waals surface area contributed by atoms with Gasteiger partial charge >= 0.3 is 0 Å². The molecule has 0 spiro atoms. The van der Waals surface area contributed by atoms with Crippen LogP contribution < -0.4 is 5.73 Å². The first kappa shape index (κ1) is 13.1. The Morgan fingerprint density at radius 3 is 2.85 bits per heavy atom. The van der Waals surface area contributed by atoms with Gasteiger partial charge in [0.1, 0.15) is 5.52 Å². The molecule has 3 rings (SSSR count). The Balaban J connectivity index is 2.20. The fourth-order valence-corrected chi connectivity index (χ4v) is 2.47. The first-order valence-electron chi connectivity index (χ1n) is 6.50. The van der Waals surface area contributed by atoms with Crippen molar-refractivity contribution in [3.05, 3.63) is 53.1 Å². The van der Waals surface area contributed by atoms with E-state index in [1.54, 1.807) is 0 Å². The van der Waals surface area contributed by atoms with Crippen LogP contribution in [0.15, 0.2) is 42.5 Å². The molecule has 0 bridgehead atoms. The van der Waals surface area contributed by atoms with Gasteiger partial charge in [0.05, 0.1) is 11.2 Å². The molecule has 1 unspecified atom stereocenters. The summed E-state index contributed by atoms with van der Waals surface area (Å²) in [5, 5.41) is 9.10.